The van der Waals surface area contributed by atoms with E-state index in [1.54, 1.807) is 0 Å². The van der Waals surface area contributed by atoms with Crippen LogP contribution in [-0.2, 0) is 9.53 Å². The smallest absolute Gasteiger partial charge is 0.338 e. The van der Waals surface area contributed by atoms with Crippen LogP contribution in [0.2, 0.25) is 0 Å². The molecule has 0 aromatic rings. The van der Waals surface area contributed by atoms with Crippen molar-refractivity contribution in [1.29, 1.82) is 0 Å². The normalized spacial score (nSPS) is 44.2. The molecule has 78 valence electrons. The minimum Gasteiger partial charge on any atom is -0.459 e. The minimum atomic E-state index is -1.29. The number of fused-ring (bicyclic) bond motifs is 2. The monoisotopic (exact) mass is 197 g/mol. The van der Waals surface area contributed by atoms with E-state index in [1.165, 1.54) is 0 Å². The third kappa shape index (κ3) is 1.25. The molecule has 3 unspecified atom stereocenters. The van der Waals surface area contributed by atoms with Crippen molar-refractivity contribution in [2.24, 2.45) is 10.9 Å². The zero-order valence-electron chi connectivity index (χ0n) is 8.49. The van der Waals surface area contributed by atoms with E-state index in [-0.39, 0.29) is 12.0 Å². The summed E-state index contributed by atoms with van der Waals surface area (Å²) in [7, 11) is 0. The van der Waals surface area contributed by atoms with Gasteiger partial charge in [-0.25, -0.2) is 4.79 Å². The molecule has 4 heteroatoms. The molecule has 0 radical (unpaired) electrons. The van der Waals surface area contributed by atoms with Crippen LogP contribution in [0.4, 0.5) is 0 Å². The molecule has 2 rings (SSSR count). The summed E-state index contributed by atoms with van der Waals surface area (Å²) in [5, 5.41) is 9.95. The number of aliphatic imine (C=N–C) groups is 1. The highest BCUT2D eigenvalue weighted by molar-refractivity contribution is 5.97. The van der Waals surface area contributed by atoms with E-state index in [9.17, 15) is 9.90 Å². The maximum atomic E-state index is 11.3. The van der Waals surface area contributed by atoms with E-state index < -0.39 is 11.6 Å². The highest BCUT2D eigenvalue weighted by atomic mass is 16.6. The molecule has 1 N–H and O–H groups in total. The second kappa shape index (κ2) is 3.05. The lowest BCUT2D eigenvalue weighted by Gasteiger charge is -2.28. The molecule has 1 aliphatic carbocycles. The Kier molecular flexibility index (Phi) is 2.10. The van der Waals surface area contributed by atoms with Gasteiger partial charge in [-0.15, -0.1) is 0 Å². The average Bonchev–Trinajstić information content (AvgIpc) is 2.37. The SMILES string of the molecule is CCN=C1CC2(O)CC(OC2=O)C1C. The van der Waals surface area contributed by atoms with Gasteiger partial charge >= 0.3 is 5.97 Å². The van der Waals surface area contributed by atoms with Crippen LogP contribution in [0.3, 0.4) is 0 Å². The molecule has 0 aromatic carbocycles. The fraction of sp³-hybridized carbons (Fsp3) is 0.800. The molecule has 4 nitrogen and oxygen atoms in total. The highest BCUT2D eigenvalue weighted by Crippen LogP contribution is 2.39. The van der Waals surface area contributed by atoms with Crippen LogP contribution >= 0.6 is 0 Å². The molecule has 1 heterocycles. The van der Waals surface area contributed by atoms with E-state index >= 15 is 0 Å². The predicted molar refractivity (Wildman–Crippen MR) is 51.2 cm³/mol. The zero-order valence-corrected chi connectivity index (χ0v) is 8.49. The van der Waals surface area contributed by atoms with Crippen LogP contribution in [0.25, 0.3) is 0 Å². The molecule has 14 heavy (non-hydrogen) atoms. The lowest BCUT2D eigenvalue weighted by atomic mass is 9.78. The van der Waals surface area contributed by atoms with Gasteiger partial charge in [0.05, 0.1) is 0 Å². The summed E-state index contributed by atoms with van der Waals surface area (Å²) < 4.78 is 5.11. The predicted octanol–water partition coefficient (Wildman–Crippen LogP) is 0.534. The van der Waals surface area contributed by atoms with E-state index in [1.807, 2.05) is 13.8 Å². The number of ether oxygens (including phenoxy) is 1. The second-order valence-corrected chi connectivity index (χ2v) is 4.11. The Labute approximate surface area is 83.0 Å². The molecule has 1 saturated carbocycles. The Morgan fingerprint density at radius 1 is 1.71 bits per heavy atom. The third-order valence-corrected chi connectivity index (χ3v) is 3.10. The van der Waals surface area contributed by atoms with E-state index in [0.717, 1.165) is 5.71 Å². The summed E-state index contributed by atoms with van der Waals surface area (Å²) >= 11 is 0. The molecular formula is C10H15NO3. The lowest BCUT2D eigenvalue weighted by molar-refractivity contribution is -0.153. The molecule has 1 aliphatic heterocycles. The molecule has 3 atom stereocenters. The van der Waals surface area contributed by atoms with Crippen molar-refractivity contribution in [1.82, 2.24) is 0 Å². The van der Waals surface area contributed by atoms with E-state index in [4.69, 9.17) is 4.74 Å². The largest absolute Gasteiger partial charge is 0.459 e. The summed E-state index contributed by atoms with van der Waals surface area (Å²) in [4.78, 5) is 15.7. The summed E-state index contributed by atoms with van der Waals surface area (Å²) in [6.45, 7) is 4.64. The maximum absolute atomic E-state index is 11.3. The molecule has 1 saturated heterocycles. The fourth-order valence-electron chi connectivity index (χ4n) is 2.21. The first-order valence-corrected chi connectivity index (χ1v) is 5.03. The number of esters is 1. The Bertz CT molecular complexity index is 300. The number of nitrogens with zero attached hydrogens (tertiary/aromatic N) is 1. The topological polar surface area (TPSA) is 58.9 Å². The van der Waals surface area contributed by atoms with Gasteiger partial charge in [-0.05, 0) is 6.92 Å². The van der Waals surface area contributed by atoms with Crippen molar-refractivity contribution in [3.05, 3.63) is 0 Å². The quantitative estimate of drug-likeness (QED) is 0.624. The summed E-state index contributed by atoms with van der Waals surface area (Å²) in [5.74, 6) is -0.322. The first kappa shape index (κ1) is 9.65. The number of carbonyl (C=O) groups is 1. The van der Waals surface area contributed by atoms with Crippen molar-refractivity contribution in [3.63, 3.8) is 0 Å². The summed E-state index contributed by atoms with van der Waals surface area (Å²) in [6.07, 6.45) is 0.596. The van der Waals surface area contributed by atoms with Crippen LogP contribution in [0, 0.1) is 5.92 Å². The molecule has 0 amide bonds. The zero-order chi connectivity index (χ0) is 10.3. The van der Waals surface area contributed by atoms with E-state index in [0.29, 0.717) is 19.4 Å². The Morgan fingerprint density at radius 2 is 2.43 bits per heavy atom. The van der Waals surface area contributed by atoms with Crippen molar-refractivity contribution in [3.8, 4) is 0 Å². The molecule has 2 aliphatic rings. The first-order chi connectivity index (χ1) is 6.57. The molecule has 0 spiro atoms. The number of rotatable bonds is 1. The second-order valence-electron chi connectivity index (χ2n) is 4.11. The van der Waals surface area contributed by atoms with Crippen LogP contribution in [0.5, 0.6) is 0 Å². The van der Waals surface area contributed by atoms with Gasteiger partial charge in [0, 0.05) is 31.0 Å². The minimum absolute atomic E-state index is 0.154. The summed E-state index contributed by atoms with van der Waals surface area (Å²) in [5.41, 5.74) is -0.373. The van der Waals surface area contributed by atoms with Gasteiger partial charge in [0.25, 0.3) is 0 Å². The standard InChI is InChI=1S/C10H15NO3/c1-3-11-7-4-10(13)5-8(6(7)2)14-9(10)12/h6,8,13H,3-5H2,1-2H3. The van der Waals surface area contributed by atoms with Crippen LogP contribution in [0.15, 0.2) is 4.99 Å². The van der Waals surface area contributed by atoms with Crippen molar-refractivity contribution >= 4 is 11.7 Å². The Balaban J connectivity index is 2.29. The molecular weight excluding hydrogens is 182 g/mol. The third-order valence-electron chi connectivity index (χ3n) is 3.10. The van der Waals surface area contributed by atoms with Crippen molar-refractivity contribution in [2.75, 3.05) is 6.54 Å². The average molecular weight is 197 g/mol. The number of carbonyl (C=O) groups excluding carboxylic acids is 1. The van der Waals surface area contributed by atoms with Gasteiger partial charge in [-0.3, -0.25) is 4.99 Å². The van der Waals surface area contributed by atoms with Gasteiger partial charge < -0.3 is 9.84 Å². The number of hydrogen-bond acceptors (Lipinski definition) is 4. The van der Waals surface area contributed by atoms with Crippen molar-refractivity contribution in [2.45, 2.75) is 38.4 Å². The lowest BCUT2D eigenvalue weighted by Crippen LogP contribution is -2.42. The fourth-order valence-corrected chi connectivity index (χ4v) is 2.21. The van der Waals surface area contributed by atoms with Crippen molar-refractivity contribution < 1.29 is 14.6 Å². The first-order valence-electron chi connectivity index (χ1n) is 5.03. The Morgan fingerprint density at radius 3 is 3.07 bits per heavy atom. The Hall–Kier alpha value is -0.900. The van der Waals surface area contributed by atoms with Gasteiger partial charge in [-0.1, -0.05) is 6.92 Å². The number of hydrogen-bond donors (Lipinski definition) is 1. The summed E-state index contributed by atoms with van der Waals surface area (Å²) in [6, 6.07) is 0. The molecule has 2 fully saturated rings. The molecule has 0 aromatic heterocycles. The molecule has 2 bridgehead atoms. The maximum Gasteiger partial charge on any atom is 0.338 e. The van der Waals surface area contributed by atoms with Gasteiger partial charge in [-0.2, -0.15) is 0 Å². The van der Waals surface area contributed by atoms with Crippen LogP contribution in [0.1, 0.15) is 26.7 Å². The van der Waals surface area contributed by atoms with Gasteiger partial charge in [0.1, 0.15) is 6.10 Å². The van der Waals surface area contributed by atoms with Gasteiger partial charge in [0.2, 0.25) is 0 Å². The highest BCUT2D eigenvalue weighted by Gasteiger charge is 2.55. The van der Waals surface area contributed by atoms with Crippen LogP contribution in [-0.4, -0.2) is 35.0 Å². The van der Waals surface area contributed by atoms with Gasteiger partial charge in [0.15, 0.2) is 5.60 Å². The number of aliphatic hydroxyl groups is 1. The van der Waals surface area contributed by atoms with Crippen LogP contribution < -0.4 is 0 Å². The van der Waals surface area contributed by atoms with E-state index in [2.05, 4.69) is 4.99 Å².